The number of aryl methyl sites for hydroxylation is 2. The van der Waals surface area contributed by atoms with E-state index < -0.39 is 10.8 Å². The Morgan fingerprint density at radius 1 is 1.33 bits per heavy atom. The van der Waals surface area contributed by atoms with Gasteiger partial charge in [-0.05, 0) is 13.8 Å². The van der Waals surface area contributed by atoms with Crippen LogP contribution >= 0.6 is 0 Å². The van der Waals surface area contributed by atoms with E-state index in [9.17, 15) is 14.9 Å². The number of hydrogen-bond acceptors (Lipinski definition) is 5. The summed E-state index contributed by atoms with van der Waals surface area (Å²) in [4.78, 5) is 22.5. The average Bonchev–Trinajstić information content (AvgIpc) is 2.94. The molecule has 0 spiro atoms. The first-order valence-electron chi connectivity index (χ1n) is 6.28. The number of aromatic nitrogens is 4. The average molecular weight is 292 g/mol. The number of rotatable bonds is 4. The van der Waals surface area contributed by atoms with Crippen molar-refractivity contribution in [1.82, 2.24) is 24.9 Å². The van der Waals surface area contributed by atoms with Crippen molar-refractivity contribution in [1.29, 1.82) is 0 Å². The Bertz CT molecular complexity index is 702. The van der Waals surface area contributed by atoms with Crippen LogP contribution in [0.5, 0.6) is 0 Å². The molecular weight excluding hydrogens is 276 g/mol. The van der Waals surface area contributed by atoms with Gasteiger partial charge in [-0.2, -0.15) is 10.2 Å². The van der Waals surface area contributed by atoms with Crippen molar-refractivity contribution in [3.05, 3.63) is 39.5 Å². The zero-order valence-electron chi connectivity index (χ0n) is 12.2. The topological polar surface area (TPSA) is 108 Å². The van der Waals surface area contributed by atoms with Crippen molar-refractivity contribution < 1.29 is 9.72 Å². The van der Waals surface area contributed by atoms with Crippen LogP contribution in [0.2, 0.25) is 0 Å². The van der Waals surface area contributed by atoms with Crippen LogP contribution in [0.25, 0.3) is 0 Å². The van der Waals surface area contributed by atoms with Crippen LogP contribution in [0.1, 0.15) is 34.7 Å². The lowest BCUT2D eigenvalue weighted by molar-refractivity contribution is -0.385. The molecule has 0 aliphatic carbocycles. The Hall–Kier alpha value is -2.71. The molecule has 1 N–H and O–H groups in total. The maximum absolute atomic E-state index is 12.3. The van der Waals surface area contributed by atoms with Crippen molar-refractivity contribution >= 4 is 11.6 Å². The van der Waals surface area contributed by atoms with E-state index in [1.165, 1.54) is 11.7 Å². The van der Waals surface area contributed by atoms with Crippen LogP contribution in [0.15, 0.2) is 12.4 Å². The minimum absolute atomic E-state index is 0.0756. The Labute approximate surface area is 120 Å². The molecule has 0 bridgehead atoms. The summed E-state index contributed by atoms with van der Waals surface area (Å²) in [6.45, 7) is 3.68. The molecular formula is C12H16N6O3. The molecule has 2 aromatic heterocycles. The van der Waals surface area contributed by atoms with Crippen molar-refractivity contribution in [2.75, 3.05) is 0 Å². The molecule has 0 saturated heterocycles. The second-order valence-electron chi connectivity index (χ2n) is 4.76. The summed E-state index contributed by atoms with van der Waals surface area (Å²) in [6, 6.07) is -0.319. The van der Waals surface area contributed by atoms with Crippen LogP contribution in [0.3, 0.4) is 0 Å². The van der Waals surface area contributed by atoms with Gasteiger partial charge < -0.3 is 5.32 Å². The number of amides is 1. The minimum atomic E-state index is -0.623. The van der Waals surface area contributed by atoms with Gasteiger partial charge in [-0.25, -0.2) is 0 Å². The fourth-order valence-corrected chi connectivity index (χ4v) is 2.11. The van der Waals surface area contributed by atoms with Gasteiger partial charge in [-0.15, -0.1) is 0 Å². The number of nitrogens with zero attached hydrogens (tertiary/aromatic N) is 5. The van der Waals surface area contributed by atoms with Crippen LogP contribution in [-0.2, 0) is 14.1 Å². The second kappa shape index (κ2) is 5.35. The molecule has 0 aliphatic heterocycles. The first-order valence-corrected chi connectivity index (χ1v) is 6.28. The molecule has 0 radical (unpaired) electrons. The first kappa shape index (κ1) is 14.7. The third-order valence-electron chi connectivity index (χ3n) is 3.42. The summed E-state index contributed by atoms with van der Waals surface area (Å²) in [5.74, 6) is -0.544. The monoisotopic (exact) mass is 292 g/mol. The Kier molecular flexibility index (Phi) is 3.74. The molecule has 2 rings (SSSR count). The largest absolute Gasteiger partial charge is 0.344 e. The highest BCUT2D eigenvalue weighted by molar-refractivity contribution is 5.96. The number of nitrogens with one attached hydrogen (secondary N) is 1. The molecule has 1 atom stereocenters. The fraction of sp³-hybridized carbons (Fsp3) is 0.417. The summed E-state index contributed by atoms with van der Waals surface area (Å²) in [7, 11) is 3.29. The highest BCUT2D eigenvalue weighted by atomic mass is 16.6. The van der Waals surface area contributed by atoms with Crippen molar-refractivity contribution in [2.24, 2.45) is 14.1 Å². The zero-order chi connectivity index (χ0) is 15.7. The van der Waals surface area contributed by atoms with Crippen LogP contribution in [0, 0.1) is 17.0 Å². The van der Waals surface area contributed by atoms with Gasteiger partial charge >= 0.3 is 5.69 Å². The SMILES string of the molecule is Cc1c(C(C)NC(=O)c2c([N+](=O)[O-])cnn2C)cnn1C. The summed E-state index contributed by atoms with van der Waals surface area (Å²) in [6.07, 6.45) is 2.73. The van der Waals surface area contributed by atoms with Gasteiger partial charge in [0.1, 0.15) is 6.20 Å². The fourth-order valence-electron chi connectivity index (χ4n) is 2.11. The van der Waals surface area contributed by atoms with Gasteiger partial charge in [0.05, 0.1) is 17.2 Å². The molecule has 0 fully saturated rings. The Morgan fingerprint density at radius 2 is 1.95 bits per heavy atom. The van der Waals surface area contributed by atoms with Crippen LogP contribution < -0.4 is 5.32 Å². The summed E-state index contributed by atoms with van der Waals surface area (Å²) in [5, 5.41) is 21.5. The summed E-state index contributed by atoms with van der Waals surface area (Å²) in [5.41, 5.74) is 1.39. The molecule has 0 saturated carbocycles. The summed E-state index contributed by atoms with van der Waals surface area (Å²) < 4.78 is 2.89. The molecule has 0 aromatic carbocycles. The van der Waals surface area contributed by atoms with Crippen molar-refractivity contribution in [2.45, 2.75) is 19.9 Å². The normalized spacial score (nSPS) is 12.2. The third kappa shape index (κ3) is 2.62. The Morgan fingerprint density at radius 3 is 2.48 bits per heavy atom. The lowest BCUT2D eigenvalue weighted by Gasteiger charge is -2.13. The lowest BCUT2D eigenvalue weighted by atomic mass is 10.1. The predicted molar refractivity (Wildman–Crippen MR) is 73.7 cm³/mol. The highest BCUT2D eigenvalue weighted by Crippen LogP contribution is 2.20. The van der Waals surface area contributed by atoms with Crippen molar-refractivity contribution in [3.63, 3.8) is 0 Å². The molecule has 0 aliphatic rings. The van der Waals surface area contributed by atoms with Gasteiger partial charge in [-0.3, -0.25) is 24.3 Å². The van der Waals surface area contributed by atoms with Gasteiger partial charge in [0.2, 0.25) is 5.69 Å². The quantitative estimate of drug-likeness (QED) is 0.664. The van der Waals surface area contributed by atoms with E-state index in [1.807, 2.05) is 6.92 Å². The molecule has 112 valence electrons. The molecule has 9 nitrogen and oxygen atoms in total. The van der Waals surface area contributed by atoms with Gasteiger partial charge in [0.15, 0.2) is 0 Å². The van der Waals surface area contributed by atoms with Crippen LogP contribution in [0.4, 0.5) is 5.69 Å². The second-order valence-corrected chi connectivity index (χ2v) is 4.76. The van der Waals surface area contributed by atoms with E-state index >= 15 is 0 Å². The van der Waals surface area contributed by atoms with E-state index in [0.717, 1.165) is 17.5 Å². The van der Waals surface area contributed by atoms with Crippen LogP contribution in [-0.4, -0.2) is 30.4 Å². The smallest absolute Gasteiger partial charge is 0.320 e. The lowest BCUT2D eigenvalue weighted by Crippen LogP contribution is -2.29. The van der Waals surface area contributed by atoms with Gasteiger partial charge in [0.25, 0.3) is 5.91 Å². The number of carbonyl (C=O) groups is 1. The van der Waals surface area contributed by atoms with E-state index in [4.69, 9.17) is 0 Å². The third-order valence-corrected chi connectivity index (χ3v) is 3.42. The minimum Gasteiger partial charge on any atom is -0.344 e. The standard InChI is InChI=1S/C12H16N6O3/c1-7(9-5-13-16(3)8(9)2)15-12(19)11-10(18(20)21)6-14-17(11)4/h5-7H,1-4H3,(H,15,19). The van der Waals surface area contributed by atoms with Gasteiger partial charge in [-0.1, -0.05) is 0 Å². The first-order chi connectivity index (χ1) is 9.82. The van der Waals surface area contributed by atoms with E-state index in [0.29, 0.717) is 0 Å². The molecule has 1 unspecified atom stereocenters. The molecule has 2 aromatic rings. The maximum atomic E-state index is 12.3. The van der Waals surface area contributed by atoms with E-state index in [-0.39, 0.29) is 17.4 Å². The molecule has 1 amide bonds. The molecule has 21 heavy (non-hydrogen) atoms. The molecule has 2 heterocycles. The van der Waals surface area contributed by atoms with E-state index in [1.54, 1.807) is 24.9 Å². The van der Waals surface area contributed by atoms with Gasteiger partial charge in [0, 0.05) is 25.4 Å². The number of nitro groups is 1. The molecule has 9 heteroatoms. The summed E-state index contributed by atoms with van der Waals surface area (Å²) >= 11 is 0. The van der Waals surface area contributed by atoms with Crippen molar-refractivity contribution in [3.8, 4) is 0 Å². The number of hydrogen-bond donors (Lipinski definition) is 1. The Balaban J connectivity index is 2.24. The zero-order valence-corrected chi connectivity index (χ0v) is 12.2. The predicted octanol–water partition coefficient (Wildman–Crippen LogP) is 0.861. The highest BCUT2D eigenvalue weighted by Gasteiger charge is 2.27. The van der Waals surface area contributed by atoms with E-state index in [2.05, 4.69) is 15.5 Å². The maximum Gasteiger partial charge on any atom is 0.320 e. The number of carbonyl (C=O) groups excluding carboxylic acids is 1.